The van der Waals surface area contributed by atoms with E-state index in [0.717, 1.165) is 0 Å². The number of aryl methyl sites for hydroxylation is 4. The first-order valence-corrected chi connectivity index (χ1v) is 17.6. The number of hydrogen-bond donors (Lipinski definition) is 0. The summed E-state index contributed by atoms with van der Waals surface area (Å²) in [6.45, 7) is 22.2. The molecule has 0 amide bonds. The molecule has 0 unspecified atom stereocenters. The van der Waals surface area contributed by atoms with Crippen molar-refractivity contribution in [3.8, 4) is 11.1 Å². The van der Waals surface area contributed by atoms with E-state index in [4.69, 9.17) is 0 Å². The quantitative estimate of drug-likeness (QED) is 0.175. The van der Waals surface area contributed by atoms with E-state index in [1.807, 2.05) is 0 Å². The smallest absolute Gasteiger partial charge is 0.0393 e. The van der Waals surface area contributed by atoms with E-state index in [1.165, 1.54) is 66.4 Å². The fourth-order valence-corrected chi connectivity index (χ4v) is 4.20. The zero-order valence-corrected chi connectivity index (χ0v) is 25.1. The second-order valence-corrected chi connectivity index (χ2v) is 18.6. The van der Waals surface area contributed by atoms with Gasteiger partial charge in [-0.1, -0.05) is 51.0 Å². The zero-order chi connectivity index (χ0) is 24.2. The minimum Gasteiger partial charge on any atom is -0.196 e. The van der Waals surface area contributed by atoms with Crippen LogP contribution in [0.5, 0.6) is 0 Å². The van der Waals surface area contributed by atoms with E-state index in [9.17, 15) is 0 Å². The summed E-state index contributed by atoms with van der Waals surface area (Å²) in [5.74, 6) is 0. The van der Waals surface area contributed by atoms with Gasteiger partial charge in [-0.2, -0.15) is 28.3 Å². The molecular weight excluding hydrogens is 480 g/mol. The summed E-state index contributed by atoms with van der Waals surface area (Å²) in [7, 11) is 0. The van der Waals surface area contributed by atoms with Gasteiger partial charge in [0.05, 0.1) is 0 Å². The van der Waals surface area contributed by atoms with Crippen LogP contribution < -0.4 is 0 Å². The van der Waals surface area contributed by atoms with Crippen molar-refractivity contribution in [3.63, 3.8) is 0 Å². The largest absolute Gasteiger partial charge is 0.196 e. The van der Waals surface area contributed by atoms with Gasteiger partial charge in [0.1, 0.15) is 0 Å². The van der Waals surface area contributed by atoms with Crippen LogP contribution in [-0.2, 0) is 23.3 Å². The van der Waals surface area contributed by atoms with E-state index in [0.29, 0.717) is 0 Å². The van der Waals surface area contributed by atoms with Crippen LogP contribution >= 0.6 is 0 Å². The molecule has 166 valence electrons. The van der Waals surface area contributed by atoms with Crippen molar-refractivity contribution in [1.82, 2.24) is 0 Å². The van der Waals surface area contributed by atoms with Crippen LogP contribution in [0.1, 0.15) is 44.5 Å². The van der Waals surface area contributed by atoms with Crippen molar-refractivity contribution in [2.75, 3.05) is 0 Å². The van der Waals surface area contributed by atoms with E-state index in [1.54, 1.807) is 23.3 Å². The summed E-state index contributed by atoms with van der Waals surface area (Å²) in [5.41, 5.74) is 14.3. The van der Waals surface area contributed by atoms with Crippen molar-refractivity contribution >= 4 is 16.2 Å². The van der Waals surface area contributed by atoms with E-state index in [-0.39, 0.29) is 5.43 Å². The Hall–Kier alpha value is -1.50. The molecule has 4 aromatic rings. The van der Waals surface area contributed by atoms with Crippen molar-refractivity contribution in [2.45, 2.75) is 68.5 Å². The maximum Gasteiger partial charge on any atom is -0.0393 e. The Morgan fingerprint density at radius 3 is 1.75 bits per heavy atom. The van der Waals surface area contributed by atoms with Crippen LogP contribution in [0.2, 0.25) is 13.1 Å². The molecule has 0 heterocycles. The second kappa shape index (κ2) is 11.6. The topological polar surface area (TPSA) is 0 Å². The standard InChI is InChI=1S/C19H19.C9H13.C2H6Si.Zr/c1-12-11-13(2)19(15(4)14(12)3)18-10-9-16-7-5-6-8-17(16)18;1-6-5-7(2)9(4)8(6)3;1-3-2;/h5-11H,1-4H3;5H,1-4H3;1-2H3;/q2*-1;;+2. The molecule has 0 saturated heterocycles. The maximum atomic E-state index is 2.31. The minimum atomic E-state index is 0.210. The molecule has 0 radical (unpaired) electrons. The third kappa shape index (κ3) is 6.30. The van der Waals surface area contributed by atoms with Crippen molar-refractivity contribution < 1.29 is 23.3 Å². The number of hydrogen-bond acceptors (Lipinski definition) is 0. The maximum absolute atomic E-state index is 2.31. The normalized spacial score (nSPS) is 10.4. The molecule has 0 aliphatic carbocycles. The molecule has 0 spiro atoms. The Bertz CT molecular complexity index is 1210. The van der Waals surface area contributed by atoms with E-state index < -0.39 is 0 Å². The van der Waals surface area contributed by atoms with Gasteiger partial charge < -0.3 is 0 Å². The molecule has 0 N–H and O–H groups in total. The Morgan fingerprint density at radius 1 is 0.719 bits per heavy atom. The number of fused-ring (bicyclic) bond motifs is 1. The Kier molecular flexibility index (Phi) is 9.68. The van der Waals surface area contributed by atoms with Crippen molar-refractivity contribution in [2.24, 2.45) is 0 Å². The van der Waals surface area contributed by atoms with Gasteiger partial charge in [0.25, 0.3) is 0 Å². The third-order valence-corrected chi connectivity index (χ3v) is 6.48. The molecule has 4 rings (SSSR count). The fourth-order valence-electron chi connectivity index (χ4n) is 4.20. The van der Waals surface area contributed by atoms with Gasteiger partial charge in [-0.25, -0.2) is 0 Å². The zero-order valence-electron chi connectivity index (χ0n) is 21.6. The first-order valence-electron chi connectivity index (χ1n) is 11.4. The molecular formula is C30H38SiZr. The predicted octanol–water partition coefficient (Wildman–Crippen LogP) is 8.88. The summed E-state index contributed by atoms with van der Waals surface area (Å²) in [6, 6.07) is 17.7. The first kappa shape index (κ1) is 26.7. The molecule has 0 saturated carbocycles. The van der Waals surface area contributed by atoms with Gasteiger partial charge in [0.15, 0.2) is 0 Å². The van der Waals surface area contributed by atoms with Crippen LogP contribution in [0.15, 0.2) is 48.5 Å². The average molecular weight is 518 g/mol. The van der Waals surface area contributed by atoms with E-state index in [2.05, 4.69) is 117 Å². The Morgan fingerprint density at radius 2 is 1.25 bits per heavy atom. The summed E-state index contributed by atoms with van der Waals surface area (Å²) < 4.78 is 0. The van der Waals surface area contributed by atoms with E-state index >= 15 is 0 Å². The molecule has 0 atom stereocenters. The SMILES string of the molecule is C[Si](C)=[Zr+2].Cc1[cH-]c(C)c(C)c1C.Cc1cc(C)c(-c2c[cH-]c3ccccc23)c(C)c1C. The molecule has 2 heteroatoms. The first-order chi connectivity index (χ1) is 15.0. The Balaban J connectivity index is 0.000000233. The van der Waals surface area contributed by atoms with Gasteiger partial charge in [-0.05, 0) is 44.4 Å². The molecule has 0 nitrogen and oxygen atoms in total. The fraction of sp³-hybridized carbons (Fsp3) is 0.333. The van der Waals surface area contributed by atoms with Crippen LogP contribution in [-0.4, -0.2) is 5.43 Å². The summed E-state index contributed by atoms with van der Waals surface area (Å²) in [4.78, 5) is 0. The van der Waals surface area contributed by atoms with Gasteiger partial charge in [0.2, 0.25) is 0 Å². The van der Waals surface area contributed by atoms with Gasteiger partial charge in [-0.15, -0.1) is 46.7 Å². The van der Waals surface area contributed by atoms with Crippen LogP contribution in [0.4, 0.5) is 0 Å². The van der Waals surface area contributed by atoms with Gasteiger partial charge >= 0.3 is 41.9 Å². The minimum absolute atomic E-state index is 0.210. The monoisotopic (exact) mass is 516 g/mol. The average Bonchev–Trinajstić information content (AvgIpc) is 3.23. The molecule has 0 aliphatic heterocycles. The predicted molar refractivity (Wildman–Crippen MR) is 142 cm³/mol. The molecule has 0 fully saturated rings. The van der Waals surface area contributed by atoms with Crippen LogP contribution in [0, 0.1) is 55.4 Å². The molecule has 0 bridgehead atoms. The van der Waals surface area contributed by atoms with Gasteiger partial charge in [0, 0.05) is 0 Å². The second-order valence-electron chi connectivity index (χ2n) is 9.23. The van der Waals surface area contributed by atoms with Gasteiger partial charge in [-0.3, -0.25) is 0 Å². The molecule has 0 aliphatic rings. The van der Waals surface area contributed by atoms with Crippen LogP contribution in [0.3, 0.4) is 0 Å². The third-order valence-electron chi connectivity index (χ3n) is 6.48. The molecule has 0 aromatic heterocycles. The number of rotatable bonds is 1. The van der Waals surface area contributed by atoms with Crippen LogP contribution in [0.25, 0.3) is 21.9 Å². The summed E-state index contributed by atoms with van der Waals surface area (Å²) in [6.07, 6.45) is 0. The molecule has 4 aromatic carbocycles. The number of benzene rings is 2. The molecule has 32 heavy (non-hydrogen) atoms. The van der Waals surface area contributed by atoms with Crippen molar-refractivity contribution in [1.29, 1.82) is 0 Å². The van der Waals surface area contributed by atoms with Crippen molar-refractivity contribution in [3.05, 3.63) is 93.0 Å². The summed E-state index contributed by atoms with van der Waals surface area (Å²) in [5, 5.41) is 2.69. The Labute approximate surface area is 211 Å². The summed E-state index contributed by atoms with van der Waals surface area (Å²) >= 11 is 1.74.